The maximum Gasteiger partial charge on any atom is 0.278 e. The van der Waals surface area contributed by atoms with Crippen molar-refractivity contribution in [2.45, 2.75) is 30.2 Å². The predicted octanol–water partition coefficient (Wildman–Crippen LogP) is 3.22. The van der Waals surface area contributed by atoms with E-state index in [0.29, 0.717) is 11.3 Å². The number of nitrogens with zero attached hydrogens (tertiary/aromatic N) is 3. The summed E-state index contributed by atoms with van der Waals surface area (Å²) in [5.74, 6) is 0.0294. The van der Waals surface area contributed by atoms with Gasteiger partial charge >= 0.3 is 0 Å². The number of benzene rings is 2. The van der Waals surface area contributed by atoms with Crippen LogP contribution in [0.25, 0.3) is 16.7 Å². The zero-order chi connectivity index (χ0) is 24.0. The van der Waals surface area contributed by atoms with E-state index in [1.165, 1.54) is 10.5 Å². The molecule has 2 N–H and O–H groups in total. The molecule has 0 aliphatic heterocycles. The molecule has 0 amide bonds. The average molecular weight is 472 g/mol. The van der Waals surface area contributed by atoms with Crippen molar-refractivity contribution >= 4 is 32.3 Å². The van der Waals surface area contributed by atoms with Crippen LogP contribution in [0.1, 0.15) is 16.7 Å². The molecule has 2 aromatic carbocycles. The molecule has 170 valence electrons. The second kappa shape index (κ2) is 8.07. The van der Waals surface area contributed by atoms with Crippen molar-refractivity contribution in [2.24, 2.45) is 0 Å². The summed E-state index contributed by atoms with van der Waals surface area (Å²) in [6, 6.07) is 21.1. The van der Waals surface area contributed by atoms with Crippen LogP contribution in [0.3, 0.4) is 0 Å². The lowest BCUT2D eigenvalue weighted by atomic mass is 10.2. The van der Waals surface area contributed by atoms with Gasteiger partial charge in [-0.2, -0.15) is 0 Å². The predicted molar refractivity (Wildman–Crippen MR) is 130 cm³/mol. The topological polar surface area (TPSA) is 98.4 Å². The Hall–Kier alpha value is -4.04. The van der Waals surface area contributed by atoms with E-state index in [-0.39, 0.29) is 33.1 Å². The lowest BCUT2D eigenvalue weighted by molar-refractivity contribution is -0.651. The fraction of sp³-hybridized carbons (Fsp3) is 0.115. The van der Waals surface area contributed by atoms with Gasteiger partial charge in [0.05, 0.1) is 11.4 Å². The molecule has 7 nitrogen and oxygen atoms in total. The second-order valence-corrected chi connectivity index (χ2v) is 10.2. The maximum absolute atomic E-state index is 13.6. The van der Waals surface area contributed by atoms with Crippen LogP contribution in [-0.4, -0.2) is 17.8 Å². The third-order valence-corrected chi connectivity index (χ3v) is 7.74. The lowest BCUT2D eigenvalue weighted by Gasteiger charge is -2.13. The number of pyridine rings is 2. The highest BCUT2D eigenvalue weighted by atomic mass is 32.2. The van der Waals surface area contributed by atoms with Gasteiger partial charge < -0.3 is 5.73 Å². The minimum Gasteiger partial charge on any atom is -0.317 e. The molecular formula is C26H23N4O3S+. The van der Waals surface area contributed by atoms with Gasteiger partial charge in [-0.05, 0) is 43.7 Å². The van der Waals surface area contributed by atoms with Crippen molar-refractivity contribution in [3.05, 3.63) is 106 Å². The van der Waals surface area contributed by atoms with Gasteiger partial charge in [-0.3, -0.25) is 9.20 Å². The molecule has 5 rings (SSSR count). The molecular weight excluding hydrogens is 448 g/mol. The van der Waals surface area contributed by atoms with E-state index in [1.54, 1.807) is 41.1 Å². The van der Waals surface area contributed by atoms with Crippen LogP contribution in [0.15, 0.2) is 93.6 Å². The Morgan fingerprint density at radius 2 is 1.68 bits per heavy atom. The fourth-order valence-electron chi connectivity index (χ4n) is 4.07. The summed E-state index contributed by atoms with van der Waals surface area (Å²) >= 11 is 0. The van der Waals surface area contributed by atoms with Crippen LogP contribution < -0.4 is 15.9 Å². The van der Waals surface area contributed by atoms with E-state index in [0.717, 1.165) is 16.7 Å². The number of anilines is 1. The Bertz CT molecular complexity index is 1730. The molecule has 3 heterocycles. The first kappa shape index (κ1) is 21.8. The number of nitrogens with two attached hydrogens (primary N) is 1. The van der Waals surface area contributed by atoms with E-state index in [4.69, 9.17) is 10.7 Å². The molecule has 0 saturated heterocycles. The zero-order valence-corrected chi connectivity index (χ0v) is 19.6. The van der Waals surface area contributed by atoms with Crippen molar-refractivity contribution < 1.29 is 13.0 Å². The highest BCUT2D eigenvalue weighted by Crippen LogP contribution is 2.27. The molecule has 0 fully saturated rings. The van der Waals surface area contributed by atoms with Gasteiger partial charge in [0.2, 0.25) is 21.3 Å². The van der Waals surface area contributed by atoms with E-state index >= 15 is 0 Å². The molecule has 0 unspecified atom stereocenters. The van der Waals surface area contributed by atoms with Crippen LogP contribution in [-0.2, 0) is 16.4 Å². The largest absolute Gasteiger partial charge is 0.317 e. The van der Waals surface area contributed by atoms with Crippen LogP contribution in [0.4, 0.5) is 5.82 Å². The summed E-state index contributed by atoms with van der Waals surface area (Å²) in [7, 11) is -3.99. The van der Waals surface area contributed by atoms with Gasteiger partial charge in [-0.1, -0.05) is 59.1 Å². The fourth-order valence-corrected chi connectivity index (χ4v) is 5.48. The Morgan fingerprint density at radius 3 is 2.38 bits per heavy atom. The third-order valence-electron chi connectivity index (χ3n) is 5.94. The third kappa shape index (κ3) is 3.52. The lowest BCUT2D eigenvalue weighted by Crippen LogP contribution is -2.42. The average Bonchev–Trinajstić information content (AvgIpc) is 2.82. The minimum atomic E-state index is -3.99. The molecule has 34 heavy (non-hydrogen) atoms. The number of fused-ring (bicyclic) bond motifs is 2. The quantitative estimate of drug-likeness (QED) is 0.321. The second-order valence-electron chi connectivity index (χ2n) is 8.32. The van der Waals surface area contributed by atoms with Crippen molar-refractivity contribution in [1.29, 1.82) is 0 Å². The summed E-state index contributed by atoms with van der Waals surface area (Å²) in [5, 5.41) is 0.180. The molecule has 0 bridgehead atoms. The van der Waals surface area contributed by atoms with Crippen molar-refractivity contribution in [1.82, 2.24) is 9.38 Å². The molecule has 5 aromatic rings. The molecule has 3 aromatic heterocycles. The summed E-state index contributed by atoms with van der Waals surface area (Å²) in [6.07, 6.45) is 1.63. The normalized spacial score (nSPS) is 11.8. The first-order chi connectivity index (χ1) is 16.3. The Morgan fingerprint density at radius 1 is 0.971 bits per heavy atom. The van der Waals surface area contributed by atoms with Crippen LogP contribution in [0.2, 0.25) is 0 Å². The monoisotopic (exact) mass is 471 g/mol. The number of nitrogen functional groups attached to an aromatic ring is 1. The maximum atomic E-state index is 13.6. The Kier molecular flexibility index (Phi) is 5.17. The number of aryl methyl sites for hydroxylation is 2. The highest BCUT2D eigenvalue weighted by molar-refractivity contribution is 7.91. The molecule has 0 aliphatic carbocycles. The van der Waals surface area contributed by atoms with Gasteiger partial charge in [0.25, 0.3) is 11.2 Å². The van der Waals surface area contributed by atoms with Gasteiger partial charge in [0.1, 0.15) is 10.3 Å². The summed E-state index contributed by atoms with van der Waals surface area (Å²) in [4.78, 5) is 18.2. The molecule has 0 radical (unpaired) electrons. The van der Waals surface area contributed by atoms with Crippen molar-refractivity contribution in [3.8, 4) is 0 Å². The molecule has 0 aliphatic rings. The standard InChI is InChI=1S/C26H22N4O3S/c1-17-10-12-20(13-11-17)34(32,33)22-15-21-25(28-24-18(2)7-6-14-29(24)26(21)31)30(23(22)27)16-19-8-4-3-5-9-19/h3-15,27H,16H2,1-2H3/p+1. The van der Waals surface area contributed by atoms with E-state index < -0.39 is 9.84 Å². The molecule has 8 heteroatoms. The van der Waals surface area contributed by atoms with Crippen LogP contribution in [0.5, 0.6) is 0 Å². The molecule has 0 atom stereocenters. The number of rotatable bonds is 4. The highest BCUT2D eigenvalue weighted by Gasteiger charge is 2.29. The van der Waals surface area contributed by atoms with Crippen molar-refractivity contribution in [3.63, 3.8) is 0 Å². The van der Waals surface area contributed by atoms with Crippen LogP contribution in [0, 0.1) is 13.8 Å². The zero-order valence-electron chi connectivity index (χ0n) is 18.8. The summed E-state index contributed by atoms with van der Waals surface area (Å²) in [5.41, 5.74) is 9.66. The minimum absolute atomic E-state index is 0.0294. The number of aromatic nitrogens is 3. The molecule has 0 saturated carbocycles. The van der Waals surface area contributed by atoms with E-state index in [2.05, 4.69) is 0 Å². The van der Waals surface area contributed by atoms with Gasteiger partial charge in [0, 0.05) is 11.8 Å². The number of hydrogen-bond donors (Lipinski definition) is 1. The summed E-state index contributed by atoms with van der Waals surface area (Å²) in [6.45, 7) is 4.01. The Labute approximate surface area is 196 Å². The van der Waals surface area contributed by atoms with Gasteiger partial charge in [-0.15, -0.1) is 0 Å². The van der Waals surface area contributed by atoms with Gasteiger partial charge in [-0.25, -0.2) is 13.0 Å². The van der Waals surface area contributed by atoms with E-state index in [9.17, 15) is 13.2 Å². The number of sulfone groups is 1. The van der Waals surface area contributed by atoms with E-state index in [1.807, 2.05) is 50.2 Å². The SMILES string of the molecule is Cc1ccc(S(=O)(=O)c2cc3c(=O)n4cccc(C)c4nc3[n+](Cc3ccccc3)c2N)cc1. The first-order valence-electron chi connectivity index (χ1n) is 10.8. The van der Waals surface area contributed by atoms with Crippen LogP contribution >= 0.6 is 0 Å². The first-order valence-corrected chi connectivity index (χ1v) is 12.3. The summed E-state index contributed by atoms with van der Waals surface area (Å²) < 4.78 is 30.3. The smallest absolute Gasteiger partial charge is 0.278 e. The Balaban J connectivity index is 1.88. The van der Waals surface area contributed by atoms with Crippen molar-refractivity contribution in [2.75, 3.05) is 5.73 Å². The van der Waals surface area contributed by atoms with Gasteiger partial charge in [0.15, 0.2) is 0 Å². The number of hydrogen-bond acceptors (Lipinski definition) is 5. The molecule has 0 spiro atoms.